The van der Waals surface area contributed by atoms with Crippen LogP contribution in [0, 0.1) is 0 Å². The normalized spacial score (nSPS) is 18.6. The molecule has 3 nitrogen and oxygen atoms in total. The van der Waals surface area contributed by atoms with Crippen molar-refractivity contribution in [3.63, 3.8) is 0 Å². The predicted octanol–water partition coefficient (Wildman–Crippen LogP) is 1.71. The average molecular weight is 239 g/mol. The molecule has 0 unspecified atom stereocenters. The molecule has 88 valence electrons. The van der Waals surface area contributed by atoms with Crippen LogP contribution in [0.3, 0.4) is 0 Å². The van der Waals surface area contributed by atoms with Gasteiger partial charge in [-0.25, -0.2) is 0 Å². The molecule has 0 bridgehead atoms. The van der Waals surface area contributed by atoms with Gasteiger partial charge in [-0.2, -0.15) is 0 Å². The van der Waals surface area contributed by atoms with Crippen molar-refractivity contribution in [3.8, 4) is 0 Å². The second-order valence-corrected chi connectivity index (χ2v) is 5.50. The van der Waals surface area contributed by atoms with Crippen molar-refractivity contribution < 1.29 is 9.90 Å². The van der Waals surface area contributed by atoms with Crippen molar-refractivity contribution in [2.75, 3.05) is 6.54 Å². The molecule has 1 amide bonds. The molecule has 2 rings (SSSR count). The smallest absolute Gasteiger partial charge is 0.225 e. The second kappa shape index (κ2) is 4.97. The highest BCUT2D eigenvalue weighted by Gasteiger charge is 2.31. The van der Waals surface area contributed by atoms with Gasteiger partial charge in [-0.1, -0.05) is 18.9 Å². The third-order valence-electron chi connectivity index (χ3n) is 3.06. The van der Waals surface area contributed by atoms with Gasteiger partial charge in [0.1, 0.15) is 0 Å². The largest absolute Gasteiger partial charge is 0.388 e. The monoisotopic (exact) mass is 239 g/mol. The Kier molecular flexibility index (Phi) is 3.61. The van der Waals surface area contributed by atoms with Gasteiger partial charge in [-0.15, -0.1) is 11.3 Å². The Bertz CT molecular complexity index is 342. The van der Waals surface area contributed by atoms with E-state index >= 15 is 0 Å². The zero-order valence-electron chi connectivity index (χ0n) is 9.24. The van der Waals surface area contributed by atoms with Crippen molar-refractivity contribution in [2.45, 2.75) is 37.7 Å². The molecule has 2 N–H and O–H groups in total. The van der Waals surface area contributed by atoms with Gasteiger partial charge in [0.25, 0.3) is 0 Å². The lowest BCUT2D eigenvalue weighted by molar-refractivity contribution is -0.121. The Morgan fingerprint density at radius 3 is 2.88 bits per heavy atom. The van der Waals surface area contributed by atoms with Crippen LogP contribution in [0.5, 0.6) is 0 Å². The fraction of sp³-hybridized carbons (Fsp3) is 0.583. The maximum atomic E-state index is 11.6. The summed E-state index contributed by atoms with van der Waals surface area (Å²) in [6.07, 6.45) is 4.18. The maximum absolute atomic E-state index is 11.6. The zero-order chi connectivity index (χ0) is 11.4. The Morgan fingerprint density at radius 1 is 1.50 bits per heavy atom. The summed E-state index contributed by atoms with van der Waals surface area (Å²) in [4.78, 5) is 12.7. The van der Waals surface area contributed by atoms with Crippen LogP contribution in [0.2, 0.25) is 0 Å². The van der Waals surface area contributed by atoms with E-state index in [9.17, 15) is 9.90 Å². The highest BCUT2D eigenvalue weighted by Crippen LogP contribution is 2.28. The molecular formula is C12H17NO2S. The maximum Gasteiger partial charge on any atom is 0.225 e. The third kappa shape index (κ3) is 3.06. The number of rotatable bonds is 4. The lowest BCUT2D eigenvalue weighted by Crippen LogP contribution is -2.41. The molecule has 16 heavy (non-hydrogen) atoms. The summed E-state index contributed by atoms with van der Waals surface area (Å²) in [5.74, 6) is 0.00257. The predicted molar refractivity (Wildman–Crippen MR) is 64.5 cm³/mol. The van der Waals surface area contributed by atoms with E-state index in [2.05, 4.69) is 5.32 Å². The van der Waals surface area contributed by atoms with Crippen LogP contribution < -0.4 is 5.32 Å². The van der Waals surface area contributed by atoms with Crippen molar-refractivity contribution in [3.05, 3.63) is 22.4 Å². The van der Waals surface area contributed by atoms with Crippen LogP contribution in [0.15, 0.2) is 17.5 Å². The van der Waals surface area contributed by atoms with Gasteiger partial charge < -0.3 is 10.4 Å². The molecule has 1 saturated carbocycles. The standard InChI is InChI=1S/C12H17NO2S/c14-11(8-10-4-3-7-16-10)13-9-12(15)5-1-2-6-12/h3-4,7,15H,1-2,5-6,8-9H2,(H,13,14). The molecule has 0 saturated heterocycles. The molecule has 0 radical (unpaired) electrons. The second-order valence-electron chi connectivity index (χ2n) is 4.46. The van der Waals surface area contributed by atoms with Gasteiger partial charge in [0.05, 0.1) is 12.0 Å². The van der Waals surface area contributed by atoms with Crippen LogP contribution in [0.4, 0.5) is 0 Å². The molecule has 1 aromatic rings. The van der Waals surface area contributed by atoms with E-state index in [0.29, 0.717) is 13.0 Å². The lowest BCUT2D eigenvalue weighted by Gasteiger charge is -2.22. The van der Waals surface area contributed by atoms with Crippen molar-refractivity contribution >= 4 is 17.2 Å². The first-order chi connectivity index (χ1) is 7.68. The van der Waals surface area contributed by atoms with Crippen LogP contribution in [-0.2, 0) is 11.2 Å². The quantitative estimate of drug-likeness (QED) is 0.840. The Labute approximate surface area is 99.5 Å². The van der Waals surface area contributed by atoms with Crippen molar-refractivity contribution in [2.24, 2.45) is 0 Å². The Morgan fingerprint density at radius 2 is 2.25 bits per heavy atom. The van der Waals surface area contributed by atoms with Gasteiger partial charge >= 0.3 is 0 Å². The van der Waals surface area contributed by atoms with Gasteiger partial charge in [-0.3, -0.25) is 4.79 Å². The highest BCUT2D eigenvalue weighted by atomic mass is 32.1. The number of aliphatic hydroxyl groups is 1. The number of amides is 1. The first kappa shape index (κ1) is 11.6. The minimum Gasteiger partial charge on any atom is -0.388 e. The summed E-state index contributed by atoms with van der Waals surface area (Å²) in [7, 11) is 0. The van der Waals surface area contributed by atoms with E-state index < -0.39 is 5.60 Å². The molecule has 1 aliphatic rings. The van der Waals surface area contributed by atoms with Gasteiger partial charge in [0.15, 0.2) is 0 Å². The molecular weight excluding hydrogens is 222 g/mol. The van der Waals surface area contributed by atoms with E-state index in [0.717, 1.165) is 30.6 Å². The highest BCUT2D eigenvalue weighted by molar-refractivity contribution is 7.10. The van der Waals surface area contributed by atoms with E-state index in [1.54, 1.807) is 11.3 Å². The Balaban J connectivity index is 1.75. The topological polar surface area (TPSA) is 49.3 Å². The first-order valence-electron chi connectivity index (χ1n) is 5.69. The average Bonchev–Trinajstić information content (AvgIpc) is 2.88. The summed E-state index contributed by atoms with van der Waals surface area (Å²) >= 11 is 1.59. The fourth-order valence-electron chi connectivity index (χ4n) is 2.11. The number of hydrogen-bond acceptors (Lipinski definition) is 3. The van der Waals surface area contributed by atoms with E-state index in [1.165, 1.54) is 0 Å². The summed E-state index contributed by atoms with van der Waals surface area (Å²) in [6, 6.07) is 3.90. The molecule has 0 aromatic carbocycles. The minimum atomic E-state index is -0.648. The molecule has 1 heterocycles. The van der Waals surface area contributed by atoms with Crippen molar-refractivity contribution in [1.82, 2.24) is 5.32 Å². The fourth-order valence-corrected chi connectivity index (χ4v) is 2.81. The first-order valence-corrected chi connectivity index (χ1v) is 6.57. The number of carbonyl (C=O) groups is 1. The zero-order valence-corrected chi connectivity index (χ0v) is 10.1. The van der Waals surface area contributed by atoms with Crippen LogP contribution >= 0.6 is 11.3 Å². The van der Waals surface area contributed by atoms with Gasteiger partial charge in [0.2, 0.25) is 5.91 Å². The van der Waals surface area contributed by atoms with E-state index in [-0.39, 0.29) is 5.91 Å². The van der Waals surface area contributed by atoms with Gasteiger partial charge in [0, 0.05) is 11.4 Å². The molecule has 1 fully saturated rings. The third-order valence-corrected chi connectivity index (χ3v) is 3.94. The molecule has 1 aliphatic carbocycles. The summed E-state index contributed by atoms with van der Waals surface area (Å²) < 4.78 is 0. The summed E-state index contributed by atoms with van der Waals surface area (Å²) in [6.45, 7) is 0.400. The number of hydrogen-bond donors (Lipinski definition) is 2. The molecule has 1 aromatic heterocycles. The van der Waals surface area contributed by atoms with Crippen LogP contribution in [0.1, 0.15) is 30.6 Å². The molecule has 0 atom stereocenters. The summed E-state index contributed by atoms with van der Waals surface area (Å²) in [5, 5.41) is 14.8. The number of thiophene rings is 1. The molecule has 0 spiro atoms. The number of carbonyl (C=O) groups excluding carboxylic acids is 1. The number of nitrogens with one attached hydrogen (secondary N) is 1. The van der Waals surface area contributed by atoms with E-state index in [4.69, 9.17) is 0 Å². The molecule has 0 aliphatic heterocycles. The van der Waals surface area contributed by atoms with Gasteiger partial charge in [-0.05, 0) is 24.3 Å². The van der Waals surface area contributed by atoms with Crippen molar-refractivity contribution in [1.29, 1.82) is 0 Å². The van der Waals surface area contributed by atoms with Crippen LogP contribution in [-0.4, -0.2) is 23.2 Å². The minimum absolute atomic E-state index is 0.00257. The van der Waals surface area contributed by atoms with Crippen LogP contribution in [0.25, 0.3) is 0 Å². The SMILES string of the molecule is O=C(Cc1cccs1)NCC1(O)CCCC1. The lowest BCUT2D eigenvalue weighted by atomic mass is 10.0. The molecule has 4 heteroatoms. The van der Waals surface area contributed by atoms with E-state index in [1.807, 2.05) is 17.5 Å². The Hall–Kier alpha value is -0.870. The summed E-state index contributed by atoms with van der Waals surface area (Å²) in [5.41, 5.74) is -0.648.